The Morgan fingerprint density at radius 2 is 2.00 bits per heavy atom. The van der Waals surface area contributed by atoms with Crippen molar-refractivity contribution in [2.45, 2.75) is 6.92 Å². The molecule has 0 spiro atoms. The predicted octanol–water partition coefficient (Wildman–Crippen LogP) is 3.33. The molecule has 8 heteroatoms. The summed E-state index contributed by atoms with van der Waals surface area (Å²) >= 11 is 0. The fourth-order valence-corrected chi connectivity index (χ4v) is 2.27. The van der Waals surface area contributed by atoms with Crippen molar-refractivity contribution in [1.29, 1.82) is 0 Å². The molecule has 24 heavy (non-hydrogen) atoms. The number of pyridine rings is 1. The number of fused-ring (bicyclic) bond motifs is 1. The van der Waals surface area contributed by atoms with E-state index >= 15 is 0 Å². The summed E-state index contributed by atoms with van der Waals surface area (Å²) in [4.78, 5) is 16.7. The maximum Gasteiger partial charge on any atom is 0.274 e. The molecular weight excluding hydrogens is 351 g/mol. The van der Waals surface area contributed by atoms with E-state index in [9.17, 15) is 4.79 Å². The predicted molar refractivity (Wildman–Crippen MR) is 99.8 cm³/mol. The molecule has 3 N–H and O–H groups in total. The van der Waals surface area contributed by atoms with Gasteiger partial charge in [-0.05, 0) is 36.8 Å². The smallest absolute Gasteiger partial charge is 0.274 e. The quantitative estimate of drug-likeness (QED) is 0.694. The Labute approximate surface area is 151 Å². The fourth-order valence-electron chi connectivity index (χ4n) is 2.27. The first kappa shape index (κ1) is 19.6. The Balaban J connectivity index is 0.00000144. The summed E-state index contributed by atoms with van der Waals surface area (Å²) in [5.41, 5.74) is 9.12. The van der Waals surface area contributed by atoms with Gasteiger partial charge in [0.05, 0.1) is 13.3 Å². The van der Waals surface area contributed by atoms with Crippen LogP contribution in [0.1, 0.15) is 16.1 Å². The Morgan fingerprint density at radius 1 is 1.25 bits per heavy atom. The van der Waals surface area contributed by atoms with Gasteiger partial charge in [0.25, 0.3) is 5.91 Å². The van der Waals surface area contributed by atoms with Gasteiger partial charge in [-0.25, -0.2) is 4.98 Å². The summed E-state index contributed by atoms with van der Waals surface area (Å²) in [5.74, 6) is 0.463. The number of carbonyl (C=O) groups excluding carboxylic acids is 1. The fraction of sp³-hybridized carbons (Fsp3) is 0.125. The van der Waals surface area contributed by atoms with Crippen LogP contribution in [0.4, 0.5) is 11.4 Å². The lowest BCUT2D eigenvalue weighted by atomic mass is 10.2. The summed E-state index contributed by atoms with van der Waals surface area (Å²) in [7, 11) is 1.59. The molecule has 0 aliphatic heterocycles. The maximum atomic E-state index is 12.4. The molecule has 1 amide bonds. The van der Waals surface area contributed by atoms with Crippen LogP contribution in [0.15, 0.2) is 42.7 Å². The van der Waals surface area contributed by atoms with Crippen LogP contribution in [0.5, 0.6) is 5.75 Å². The molecule has 0 saturated carbocycles. The molecule has 6 nitrogen and oxygen atoms in total. The number of hydrogen-bond acceptors (Lipinski definition) is 4. The number of carbonyl (C=O) groups is 1. The first-order valence-corrected chi connectivity index (χ1v) is 6.77. The molecule has 3 aromatic rings. The minimum Gasteiger partial charge on any atom is -0.497 e. The third kappa shape index (κ3) is 3.72. The maximum absolute atomic E-state index is 12.4. The summed E-state index contributed by atoms with van der Waals surface area (Å²) < 4.78 is 6.86. The van der Waals surface area contributed by atoms with Crippen molar-refractivity contribution < 1.29 is 9.53 Å². The van der Waals surface area contributed by atoms with Gasteiger partial charge in [0, 0.05) is 23.6 Å². The third-order valence-corrected chi connectivity index (χ3v) is 3.45. The summed E-state index contributed by atoms with van der Waals surface area (Å²) in [6.45, 7) is 1.89. The molecule has 0 aliphatic rings. The van der Waals surface area contributed by atoms with E-state index in [1.54, 1.807) is 42.0 Å². The molecule has 2 heterocycles. The molecule has 128 valence electrons. The van der Waals surface area contributed by atoms with Gasteiger partial charge in [0.1, 0.15) is 17.1 Å². The Hall–Kier alpha value is -2.44. The Morgan fingerprint density at radius 3 is 2.67 bits per heavy atom. The summed E-state index contributed by atoms with van der Waals surface area (Å²) in [6, 6.07) is 8.90. The molecule has 0 saturated heterocycles. The second kappa shape index (κ2) is 7.90. The van der Waals surface area contributed by atoms with Crippen molar-refractivity contribution in [2.24, 2.45) is 0 Å². The molecule has 0 unspecified atom stereocenters. The van der Waals surface area contributed by atoms with E-state index < -0.39 is 0 Å². The van der Waals surface area contributed by atoms with Crippen LogP contribution in [0.3, 0.4) is 0 Å². The van der Waals surface area contributed by atoms with E-state index in [-0.39, 0.29) is 30.7 Å². The molecule has 2 aromatic heterocycles. The van der Waals surface area contributed by atoms with Gasteiger partial charge in [-0.15, -0.1) is 24.8 Å². The Bertz CT molecular complexity index is 864. The zero-order valence-electron chi connectivity index (χ0n) is 13.1. The van der Waals surface area contributed by atoms with Crippen molar-refractivity contribution in [3.63, 3.8) is 0 Å². The average Bonchev–Trinajstić information content (AvgIpc) is 2.93. The highest BCUT2D eigenvalue weighted by Crippen LogP contribution is 2.20. The van der Waals surface area contributed by atoms with Crippen molar-refractivity contribution in [2.75, 3.05) is 18.2 Å². The number of ether oxygens (including phenoxy) is 1. The van der Waals surface area contributed by atoms with Crippen molar-refractivity contribution in [1.82, 2.24) is 9.38 Å². The van der Waals surface area contributed by atoms with E-state index in [0.29, 0.717) is 22.8 Å². The van der Waals surface area contributed by atoms with Crippen LogP contribution in [-0.4, -0.2) is 22.4 Å². The lowest BCUT2D eigenvalue weighted by molar-refractivity contribution is 0.102. The molecule has 0 fully saturated rings. The SMILES string of the molecule is COc1ccn2c(C(=O)Nc3ccc(N)cc3C)cnc2c1.Cl.Cl. The van der Waals surface area contributed by atoms with Gasteiger partial charge in [-0.1, -0.05) is 0 Å². The number of benzene rings is 1. The van der Waals surface area contributed by atoms with Gasteiger partial charge >= 0.3 is 0 Å². The average molecular weight is 369 g/mol. The topological polar surface area (TPSA) is 81.7 Å². The van der Waals surface area contributed by atoms with Gasteiger partial charge < -0.3 is 15.8 Å². The first-order chi connectivity index (χ1) is 10.6. The molecule has 0 atom stereocenters. The summed E-state index contributed by atoms with van der Waals surface area (Å²) in [5, 5.41) is 2.87. The number of nitrogens with one attached hydrogen (secondary N) is 1. The minimum absolute atomic E-state index is 0. The highest BCUT2D eigenvalue weighted by Gasteiger charge is 2.13. The summed E-state index contributed by atoms with van der Waals surface area (Å²) in [6.07, 6.45) is 3.29. The zero-order chi connectivity index (χ0) is 15.7. The number of imidazole rings is 1. The number of nitrogens with zero attached hydrogens (tertiary/aromatic N) is 2. The number of hydrogen-bond donors (Lipinski definition) is 2. The number of nitrogens with two attached hydrogens (primary N) is 1. The standard InChI is InChI=1S/C16H16N4O2.2ClH/c1-10-7-11(17)3-4-13(10)19-16(21)14-9-18-15-8-12(22-2)5-6-20(14)15;;/h3-9H,17H2,1-2H3,(H,19,21);2*1H. The number of aryl methyl sites for hydroxylation is 1. The van der Waals surface area contributed by atoms with E-state index in [1.165, 1.54) is 6.20 Å². The first-order valence-electron chi connectivity index (χ1n) is 6.77. The largest absolute Gasteiger partial charge is 0.497 e. The van der Waals surface area contributed by atoms with Gasteiger partial charge in [0.15, 0.2) is 0 Å². The Kier molecular flexibility index (Phi) is 6.45. The normalized spacial score (nSPS) is 9.75. The highest BCUT2D eigenvalue weighted by molar-refractivity contribution is 6.04. The van der Waals surface area contributed by atoms with Crippen molar-refractivity contribution in [3.8, 4) is 5.75 Å². The highest BCUT2D eigenvalue weighted by atomic mass is 35.5. The minimum atomic E-state index is -0.231. The number of anilines is 2. The monoisotopic (exact) mass is 368 g/mol. The van der Waals surface area contributed by atoms with Gasteiger partial charge in [-0.3, -0.25) is 9.20 Å². The lowest BCUT2D eigenvalue weighted by Gasteiger charge is -2.09. The molecule has 1 aromatic carbocycles. The van der Waals surface area contributed by atoms with Crippen molar-refractivity contribution in [3.05, 3.63) is 54.0 Å². The van der Waals surface area contributed by atoms with Crippen molar-refractivity contribution >= 4 is 47.7 Å². The van der Waals surface area contributed by atoms with Crippen LogP contribution >= 0.6 is 24.8 Å². The number of amides is 1. The number of rotatable bonds is 3. The van der Waals surface area contributed by atoms with Gasteiger partial charge in [0.2, 0.25) is 0 Å². The van der Waals surface area contributed by atoms with Crippen LogP contribution in [0, 0.1) is 6.92 Å². The second-order valence-electron chi connectivity index (χ2n) is 4.97. The van der Waals surface area contributed by atoms with Crippen LogP contribution in [-0.2, 0) is 0 Å². The molecule has 0 bridgehead atoms. The van der Waals surface area contributed by atoms with Gasteiger partial charge in [-0.2, -0.15) is 0 Å². The van der Waals surface area contributed by atoms with E-state index in [0.717, 1.165) is 11.3 Å². The molecular formula is C16H18Cl2N4O2. The number of halogens is 2. The number of aromatic nitrogens is 2. The third-order valence-electron chi connectivity index (χ3n) is 3.45. The van der Waals surface area contributed by atoms with Crippen LogP contribution in [0.2, 0.25) is 0 Å². The van der Waals surface area contributed by atoms with E-state index in [4.69, 9.17) is 10.5 Å². The van der Waals surface area contributed by atoms with E-state index in [1.807, 2.05) is 13.0 Å². The van der Waals surface area contributed by atoms with E-state index in [2.05, 4.69) is 10.3 Å². The molecule has 0 radical (unpaired) electrons. The number of methoxy groups -OCH3 is 1. The van der Waals surface area contributed by atoms with Crippen LogP contribution in [0.25, 0.3) is 5.65 Å². The lowest BCUT2D eigenvalue weighted by Crippen LogP contribution is -2.15. The molecule has 3 rings (SSSR count). The van der Waals surface area contributed by atoms with Crippen LogP contribution < -0.4 is 15.8 Å². The molecule has 0 aliphatic carbocycles. The second-order valence-corrected chi connectivity index (χ2v) is 4.97. The zero-order valence-corrected chi connectivity index (χ0v) is 14.8. The number of nitrogen functional groups attached to an aromatic ring is 1.